The molecule has 1 saturated carbocycles. The third-order valence-corrected chi connectivity index (χ3v) is 5.23. The summed E-state index contributed by atoms with van der Waals surface area (Å²) in [5, 5.41) is 15.0. The monoisotopic (exact) mass is 393 g/mol. The van der Waals surface area contributed by atoms with E-state index in [9.17, 15) is 9.59 Å². The smallest absolute Gasteiger partial charge is 0.317 e. The highest BCUT2D eigenvalue weighted by molar-refractivity contribution is 5.75. The van der Waals surface area contributed by atoms with Crippen molar-refractivity contribution in [2.45, 2.75) is 51.2 Å². The highest BCUT2D eigenvalue weighted by Crippen LogP contribution is 2.31. The van der Waals surface area contributed by atoms with Crippen molar-refractivity contribution >= 4 is 12.0 Å². The lowest BCUT2D eigenvalue weighted by Crippen LogP contribution is -2.56. The molecule has 0 aliphatic heterocycles. The van der Waals surface area contributed by atoms with Gasteiger partial charge in [0.1, 0.15) is 0 Å². The van der Waals surface area contributed by atoms with Crippen molar-refractivity contribution in [3.05, 3.63) is 23.8 Å². The van der Waals surface area contributed by atoms with E-state index in [2.05, 4.69) is 10.6 Å². The Morgan fingerprint density at radius 1 is 1.21 bits per heavy atom. The maximum atomic E-state index is 12.4. The van der Waals surface area contributed by atoms with E-state index in [1.807, 2.05) is 36.9 Å². The lowest BCUT2D eigenvalue weighted by atomic mass is 9.85. The molecule has 1 aromatic rings. The number of amides is 2. The SMILES string of the molecule is CCC(NC(=O)NC1CC(N(CC)CC(=O)O)C1)c1ccc(OC)c(OC)c1. The minimum Gasteiger partial charge on any atom is -0.493 e. The van der Waals surface area contributed by atoms with Gasteiger partial charge in [-0.05, 0) is 43.5 Å². The number of urea groups is 1. The largest absolute Gasteiger partial charge is 0.493 e. The lowest BCUT2D eigenvalue weighted by molar-refractivity contribution is -0.139. The van der Waals surface area contributed by atoms with Crippen LogP contribution in [0.1, 0.15) is 44.7 Å². The number of carbonyl (C=O) groups excluding carboxylic acids is 1. The summed E-state index contributed by atoms with van der Waals surface area (Å²) in [5.41, 5.74) is 0.945. The molecular formula is C20H31N3O5. The van der Waals surface area contributed by atoms with Crippen molar-refractivity contribution in [1.82, 2.24) is 15.5 Å². The van der Waals surface area contributed by atoms with Crippen LogP contribution in [0.5, 0.6) is 11.5 Å². The first-order valence-electron chi connectivity index (χ1n) is 9.66. The molecule has 0 radical (unpaired) electrons. The second kappa shape index (κ2) is 10.2. The van der Waals surface area contributed by atoms with Crippen LogP contribution in [0.2, 0.25) is 0 Å². The summed E-state index contributed by atoms with van der Waals surface area (Å²) >= 11 is 0. The Bertz CT molecular complexity index is 676. The Kier molecular flexibility index (Phi) is 7.92. The van der Waals surface area contributed by atoms with Gasteiger partial charge < -0.3 is 25.2 Å². The molecule has 1 unspecified atom stereocenters. The van der Waals surface area contributed by atoms with E-state index < -0.39 is 5.97 Å². The van der Waals surface area contributed by atoms with E-state index in [4.69, 9.17) is 14.6 Å². The number of hydrogen-bond acceptors (Lipinski definition) is 5. The van der Waals surface area contributed by atoms with Crippen LogP contribution >= 0.6 is 0 Å². The van der Waals surface area contributed by atoms with Gasteiger partial charge in [-0.25, -0.2) is 4.79 Å². The number of ether oxygens (including phenoxy) is 2. The van der Waals surface area contributed by atoms with Gasteiger partial charge in [-0.3, -0.25) is 9.69 Å². The normalized spacial score (nSPS) is 19.5. The van der Waals surface area contributed by atoms with Crippen LogP contribution in [0.3, 0.4) is 0 Å². The predicted octanol–water partition coefficient (Wildman–Crippen LogP) is 2.39. The zero-order valence-corrected chi connectivity index (χ0v) is 17.0. The first-order chi connectivity index (χ1) is 13.4. The highest BCUT2D eigenvalue weighted by Gasteiger charge is 2.34. The third-order valence-electron chi connectivity index (χ3n) is 5.23. The van der Waals surface area contributed by atoms with Gasteiger partial charge in [-0.15, -0.1) is 0 Å². The van der Waals surface area contributed by atoms with Gasteiger partial charge >= 0.3 is 12.0 Å². The number of nitrogens with one attached hydrogen (secondary N) is 2. The number of carbonyl (C=O) groups is 2. The van der Waals surface area contributed by atoms with Gasteiger partial charge in [0.25, 0.3) is 0 Å². The predicted molar refractivity (Wildman–Crippen MR) is 106 cm³/mol. The van der Waals surface area contributed by atoms with Crippen molar-refractivity contribution < 1.29 is 24.2 Å². The summed E-state index contributed by atoms with van der Waals surface area (Å²) in [4.78, 5) is 25.2. The molecule has 2 amide bonds. The number of likely N-dealkylation sites (N-methyl/N-ethyl adjacent to an activating group) is 1. The molecule has 156 valence electrons. The Labute approximate surface area is 166 Å². The number of rotatable bonds is 10. The Morgan fingerprint density at radius 3 is 2.43 bits per heavy atom. The van der Waals surface area contributed by atoms with Crippen LogP contribution in [-0.2, 0) is 4.79 Å². The molecule has 0 spiro atoms. The summed E-state index contributed by atoms with van der Waals surface area (Å²) in [5.74, 6) is 0.449. The van der Waals surface area contributed by atoms with Crippen LogP contribution in [0, 0.1) is 0 Å². The quantitative estimate of drug-likeness (QED) is 0.564. The third kappa shape index (κ3) is 5.51. The van der Waals surface area contributed by atoms with E-state index >= 15 is 0 Å². The van der Waals surface area contributed by atoms with Crippen molar-refractivity contribution in [3.8, 4) is 11.5 Å². The molecule has 8 heteroatoms. The fraction of sp³-hybridized carbons (Fsp3) is 0.600. The summed E-state index contributed by atoms with van der Waals surface area (Å²) in [6.45, 7) is 4.68. The molecule has 0 heterocycles. The van der Waals surface area contributed by atoms with Crippen LogP contribution in [0.15, 0.2) is 18.2 Å². The molecule has 8 nitrogen and oxygen atoms in total. The van der Waals surface area contributed by atoms with Crippen molar-refractivity contribution in [1.29, 1.82) is 0 Å². The van der Waals surface area contributed by atoms with Crippen LogP contribution in [0.4, 0.5) is 4.79 Å². The molecule has 1 aliphatic carbocycles. The molecule has 1 aromatic carbocycles. The van der Waals surface area contributed by atoms with Gasteiger partial charge in [-0.1, -0.05) is 19.9 Å². The fourth-order valence-electron chi connectivity index (χ4n) is 3.55. The molecular weight excluding hydrogens is 362 g/mol. The van der Waals surface area contributed by atoms with Gasteiger partial charge in [0.2, 0.25) is 0 Å². The van der Waals surface area contributed by atoms with Crippen molar-refractivity contribution in [2.75, 3.05) is 27.3 Å². The second-order valence-corrected chi connectivity index (χ2v) is 6.97. The maximum Gasteiger partial charge on any atom is 0.317 e. The van der Waals surface area contributed by atoms with E-state index in [1.165, 1.54) is 0 Å². The van der Waals surface area contributed by atoms with Crippen LogP contribution < -0.4 is 20.1 Å². The molecule has 28 heavy (non-hydrogen) atoms. The molecule has 0 aromatic heterocycles. The molecule has 1 fully saturated rings. The van der Waals surface area contributed by atoms with Gasteiger partial charge in [0, 0.05) is 12.1 Å². The average Bonchev–Trinajstić information content (AvgIpc) is 2.66. The number of carboxylic acid groups (broad SMARTS) is 1. The number of nitrogens with zero attached hydrogens (tertiary/aromatic N) is 1. The molecule has 1 atom stereocenters. The van der Waals surface area contributed by atoms with Crippen LogP contribution in [0.25, 0.3) is 0 Å². The zero-order chi connectivity index (χ0) is 20.7. The number of methoxy groups -OCH3 is 2. The van der Waals surface area contributed by atoms with E-state index in [1.54, 1.807) is 14.2 Å². The average molecular weight is 393 g/mol. The topological polar surface area (TPSA) is 100 Å². The van der Waals surface area contributed by atoms with Crippen molar-refractivity contribution in [3.63, 3.8) is 0 Å². The number of hydrogen-bond donors (Lipinski definition) is 3. The van der Waals surface area contributed by atoms with Crippen molar-refractivity contribution in [2.24, 2.45) is 0 Å². The molecule has 1 aliphatic rings. The molecule has 2 rings (SSSR count). The molecule has 0 bridgehead atoms. The first-order valence-corrected chi connectivity index (χ1v) is 9.66. The van der Waals surface area contributed by atoms with E-state index in [0.29, 0.717) is 18.0 Å². The summed E-state index contributed by atoms with van der Waals surface area (Å²) in [6, 6.07) is 5.53. The minimum atomic E-state index is -0.822. The number of aliphatic carboxylic acids is 1. The standard InChI is InChI=1S/C20H31N3O5/c1-5-16(13-7-8-17(27-3)18(9-13)28-4)22-20(26)21-14-10-15(11-14)23(6-2)12-19(24)25/h7-9,14-16H,5-6,10-12H2,1-4H3,(H,24,25)(H2,21,22,26). The highest BCUT2D eigenvalue weighted by atomic mass is 16.5. The number of benzene rings is 1. The number of carboxylic acids is 1. The van der Waals surface area contributed by atoms with E-state index in [-0.39, 0.29) is 30.7 Å². The lowest BCUT2D eigenvalue weighted by Gasteiger charge is -2.42. The van der Waals surface area contributed by atoms with E-state index in [0.717, 1.165) is 24.8 Å². The minimum absolute atomic E-state index is 0.0390. The summed E-state index contributed by atoms with van der Waals surface area (Å²) in [6.07, 6.45) is 2.27. The summed E-state index contributed by atoms with van der Waals surface area (Å²) in [7, 11) is 3.17. The van der Waals surface area contributed by atoms with Gasteiger partial charge in [-0.2, -0.15) is 0 Å². The fourth-order valence-corrected chi connectivity index (χ4v) is 3.55. The maximum absolute atomic E-state index is 12.4. The Hall–Kier alpha value is -2.48. The Morgan fingerprint density at radius 2 is 1.89 bits per heavy atom. The second-order valence-electron chi connectivity index (χ2n) is 6.97. The molecule has 0 saturated heterocycles. The first kappa shape index (κ1) is 21.8. The van der Waals surface area contributed by atoms with Crippen LogP contribution in [-0.4, -0.2) is 61.4 Å². The Balaban J connectivity index is 1.87. The molecule has 3 N–H and O–H groups in total. The van der Waals surface area contributed by atoms with Gasteiger partial charge in [0.15, 0.2) is 11.5 Å². The zero-order valence-electron chi connectivity index (χ0n) is 17.0. The summed E-state index contributed by atoms with van der Waals surface area (Å²) < 4.78 is 10.6. The van der Waals surface area contributed by atoms with Gasteiger partial charge in [0.05, 0.1) is 26.8 Å².